The van der Waals surface area contributed by atoms with Gasteiger partial charge in [0, 0.05) is 86.8 Å². The third-order valence-electron chi connectivity index (χ3n) is 13.1. The van der Waals surface area contributed by atoms with Crippen molar-refractivity contribution in [2.75, 3.05) is 42.9 Å². The van der Waals surface area contributed by atoms with E-state index in [1.54, 1.807) is 37.3 Å². The maximum absolute atomic E-state index is 14.8. The van der Waals surface area contributed by atoms with Crippen LogP contribution < -0.4 is 31.0 Å². The lowest BCUT2D eigenvalue weighted by molar-refractivity contribution is -0.152. The molecule has 4 N–H and O–H groups in total. The number of anilines is 2. The third-order valence-corrected chi connectivity index (χ3v) is 13.1. The van der Waals surface area contributed by atoms with E-state index in [2.05, 4.69) is 29.0 Å². The lowest BCUT2D eigenvalue weighted by Gasteiger charge is -2.36. The Bertz CT molecular complexity index is 2810. The summed E-state index contributed by atoms with van der Waals surface area (Å²) in [6, 6.07) is 3.20. The summed E-state index contributed by atoms with van der Waals surface area (Å²) in [6.07, 6.45) is 7.81. The van der Waals surface area contributed by atoms with Gasteiger partial charge in [-0.1, -0.05) is 59.8 Å². The number of phenolic OH excluding ortho intramolecular Hbond substituents is 1. The highest BCUT2D eigenvalue weighted by molar-refractivity contribution is 6.16. The number of rotatable bonds is 4. The molecule has 4 heterocycles. The van der Waals surface area contributed by atoms with Gasteiger partial charge in [0.1, 0.15) is 28.8 Å². The number of aromatic nitrogens is 1. The molecule has 1 fully saturated rings. The lowest BCUT2D eigenvalue weighted by atomic mass is 9.81. The molecule has 4 bridgehead atoms. The van der Waals surface area contributed by atoms with Crippen molar-refractivity contribution in [3.8, 4) is 11.5 Å². The standard InChI is InChI=1S/C50H62N4O11/c1-25(2)24-53-16-18-54(19-17-53)33-22-34(56)39-35(23-33)64-47-40(51-39)36-37-43(58)31(8)46-38(36)48(60)50(10,65-46)62-20-12-15-27(4)45(63-32(9)55)30(7)21-29(6)42(57)26(3)13-11-14-28(5)49(61)52-41(47)44(37)59/h11-14,20,22-23,25-27,29-30,42,45,57-58,60H,15-19,21,24H2,1-10H3,(H,52,61)/b13-11+,20-12+,28-14-/t26-,27+,29-,30+,42-,45+,50-/m0/s1. The monoisotopic (exact) mass is 894 g/mol. The maximum atomic E-state index is 14.8. The number of nitrogens with zero attached hydrogens (tertiary/aromatic N) is 3. The normalized spacial score (nSPS) is 28.0. The van der Waals surface area contributed by atoms with Gasteiger partial charge in [0.2, 0.25) is 10.9 Å². The number of hydrogen-bond donors (Lipinski definition) is 4. The zero-order valence-electron chi connectivity index (χ0n) is 39.0. The summed E-state index contributed by atoms with van der Waals surface area (Å²) in [5.41, 5.74) is -0.968. The fourth-order valence-corrected chi connectivity index (χ4v) is 9.57. The average Bonchev–Trinajstić information content (AvgIpc) is 3.52. The number of nitrogens with one attached hydrogen (secondary N) is 1. The maximum Gasteiger partial charge on any atom is 0.307 e. The van der Waals surface area contributed by atoms with Crippen molar-refractivity contribution in [3.63, 3.8) is 0 Å². The van der Waals surface area contributed by atoms with Gasteiger partial charge in [-0.25, -0.2) is 4.98 Å². The van der Waals surface area contributed by atoms with E-state index in [4.69, 9.17) is 23.6 Å². The zero-order chi connectivity index (χ0) is 47.2. The van der Waals surface area contributed by atoms with Gasteiger partial charge in [-0.2, -0.15) is 0 Å². The predicted octanol–water partition coefficient (Wildman–Crippen LogP) is 6.74. The highest BCUT2D eigenvalue weighted by Crippen LogP contribution is 2.42. The van der Waals surface area contributed by atoms with Gasteiger partial charge in [-0.15, -0.1) is 0 Å². The Labute approximate surface area is 378 Å². The summed E-state index contributed by atoms with van der Waals surface area (Å²) in [5.74, 6) is -4.19. The second-order valence-corrected chi connectivity index (χ2v) is 18.9. The number of aromatic hydroxyl groups is 1. The van der Waals surface area contributed by atoms with Gasteiger partial charge >= 0.3 is 11.8 Å². The predicted molar refractivity (Wildman–Crippen MR) is 251 cm³/mol. The molecule has 1 saturated heterocycles. The second-order valence-electron chi connectivity index (χ2n) is 18.9. The van der Waals surface area contributed by atoms with Crippen LogP contribution in [0.4, 0.5) is 11.4 Å². The van der Waals surface area contributed by atoms with Crippen LogP contribution in [-0.4, -0.2) is 87.8 Å². The Hall–Kier alpha value is -5.93. The molecule has 7 atom stereocenters. The minimum atomic E-state index is -1.87. The molecule has 0 spiro atoms. The van der Waals surface area contributed by atoms with E-state index in [0.29, 0.717) is 37.5 Å². The smallest absolute Gasteiger partial charge is 0.307 e. The topological polar surface area (TPSA) is 201 Å². The molecule has 1 amide bonds. The lowest BCUT2D eigenvalue weighted by Crippen LogP contribution is -2.47. The van der Waals surface area contributed by atoms with Crippen LogP contribution in [0.1, 0.15) is 80.7 Å². The molecule has 15 heteroatoms. The molecule has 1 aromatic heterocycles. The number of piperazine rings is 1. The molecular formula is C50H62N4O11. The summed E-state index contributed by atoms with van der Waals surface area (Å²) in [6.45, 7) is 22.0. The average molecular weight is 895 g/mol. The van der Waals surface area contributed by atoms with Crippen LogP contribution in [-0.2, 0) is 19.1 Å². The minimum absolute atomic E-state index is 0.00484. The van der Waals surface area contributed by atoms with E-state index < -0.39 is 52.2 Å². The van der Waals surface area contributed by atoms with E-state index in [-0.39, 0.29) is 84.4 Å². The van der Waals surface area contributed by atoms with Gasteiger partial charge in [-0.05, 0) is 56.4 Å². The van der Waals surface area contributed by atoms with Crippen LogP contribution in [0.2, 0.25) is 0 Å². The number of aliphatic hydroxyl groups is 2. The number of ether oxygens (including phenoxy) is 3. The summed E-state index contributed by atoms with van der Waals surface area (Å²) in [5, 5.41) is 37.6. The molecule has 0 saturated carbocycles. The molecule has 3 aromatic carbocycles. The van der Waals surface area contributed by atoms with Crippen molar-refractivity contribution >= 4 is 62.0 Å². The Kier molecular flexibility index (Phi) is 13.4. The van der Waals surface area contributed by atoms with Crippen LogP contribution in [0, 0.1) is 36.5 Å². The van der Waals surface area contributed by atoms with Crippen molar-refractivity contribution in [2.45, 2.75) is 100 Å². The number of fused-ring (bicyclic) bond motifs is 2. The van der Waals surface area contributed by atoms with Crippen molar-refractivity contribution in [1.82, 2.24) is 9.88 Å². The first-order valence-corrected chi connectivity index (χ1v) is 22.6. The minimum Gasteiger partial charge on any atom is -0.507 e. The molecule has 0 unspecified atom stereocenters. The molecule has 0 radical (unpaired) electrons. The number of benzene rings is 3. The summed E-state index contributed by atoms with van der Waals surface area (Å²) in [7, 11) is 0. The molecule has 65 heavy (non-hydrogen) atoms. The molecule has 348 valence electrons. The van der Waals surface area contributed by atoms with Gasteiger partial charge in [0.05, 0.1) is 23.0 Å². The Morgan fingerprint density at radius 3 is 2.38 bits per heavy atom. The van der Waals surface area contributed by atoms with Crippen molar-refractivity contribution in [3.05, 3.63) is 79.5 Å². The van der Waals surface area contributed by atoms with Crippen LogP contribution in [0.3, 0.4) is 0 Å². The van der Waals surface area contributed by atoms with Crippen LogP contribution in [0.15, 0.2) is 62.3 Å². The van der Waals surface area contributed by atoms with Crippen LogP contribution >= 0.6 is 0 Å². The van der Waals surface area contributed by atoms with E-state index in [9.17, 15) is 34.5 Å². The summed E-state index contributed by atoms with van der Waals surface area (Å²) >= 11 is 0. The fraction of sp³-hybridized carbons (Fsp3) is 0.500. The SMILES string of the molecule is CC(=O)O[C@@H]1[C@H](C)C/C=C/O[C@@]2(C)Oc3c(C)c(O)c4c(=O)c(c5oc6cc(N7CCN(CC(C)C)CC7)cc(=O)c6nc5c4c3=C2O)NC(=O)/C(C)=C\C=C\[C@H](C)[C@H](O)[C@@H](C)C[C@H]1C. The number of carbonyl (C=O) groups excluding carboxylic acids is 2. The molecule has 4 aromatic rings. The van der Waals surface area contributed by atoms with Crippen molar-refractivity contribution < 1.29 is 43.5 Å². The van der Waals surface area contributed by atoms with E-state index in [1.165, 1.54) is 33.1 Å². The molecule has 0 aliphatic carbocycles. The molecular weight excluding hydrogens is 833 g/mol. The molecule has 3 aliphatic rings. The van der Waals surface area contributed by atoms with Crippen LogP contribution in [0.5, 0.6) is 11.5 Å². The highest BCUT2D eigenvalue weighted by atomic mass is 16.7. The van der Waals surface area contributed by atoms with Crippen LogP contribution in [0.25, 0.3) is 38.7 Å². The first kappa shape index (κ1) is 47.0. The van der Waals surface area contributed by atoms with Gasteiger partial charge in [0.15, 0.2) is 22.4 Å². The first-order valence-electron chi connectivity index (χ1n) is 22.6. The Morgan fingerprint density at radius 2 is 1.71 bits per heavy atom. The van der Waals surface area contributed by atoms with Gasteiger partial charge in [-0.3, -0.25) is 24.1 Å². The number of amides is 1. The third kappa shape index (κ3) is 9.17. The zero-order valence-corrected chi connectivity index (χ0v) is 39.0. The van der Waals surface area contributed by atoms with E-state index in [1.807, 2.05) is 27.7 Å². The first-order chi connectivity index (χ1) is 30.7. The molecule has 15 nitrogen and oxygen atoms in total. The fourth-order valence-electron chi connectivity index (χ4n) is 9.57. The highest BCUT2D eigenvalue weighted by Gasteiger charge is 2.43. The quantitative estimate of drug-likeness (QED) is 0.0953. The summed E-state index contributed by atoms with van der Waals surface area (Å²) in [4.78, 5) is 64.4. The number of allylic oxidation sites excluding steroid dienone is 3. The van der Waals surface area contributed by atoms with Crippen molar-refractivity contribution in [2.24, 2.45) is 29.6 Å². The Balaban J connectivity index is 1.43. The largest absolute Gasteiger partial charge is 0.507 e. The summed E-state index contributed by atoms with van der Waals surface area (Å²) < 4.78 is 24.7. The second kappa shape index (κ2) is 18.5. The number of aliphatic hydroxyl groups excluding tert-OH is 2. The van der Waals surface area contributed by atoms with Gasteiger partial charge < -0.3 is 44.2 Å². The molecule has 3 aliphatic heterocycles. The molecule has 7 rings (SSSR count). The number of phenols is 1. The number of hydrogen-bond acceptors (Lipinski definition) is 14. The Morgan fingerprint density at radius 1 is 1.00 bits per heavy atom. The van der Waals surface area contributed by atoms with E-state index in [0.717, 1.165) is 19.6 Å². The van der Waals surface area contributed by atoms with E-state index >= 15 is 0 Å². The van der Waals surface area contributed by atoms with Gasteiger partial charge in [0.25, 0.3) is 5.91 Å². The number of carbonyl (C=O) groups is 2. The number of esters is 1. The van der Waals surface area contributed by atoms with Crippen molar-refractivity contribution in [1.29, 1.82) is 0 Å².